The van der Waals surface area contributed by atoms with E-state index in [9.17, 15) is 4.79 Å². The highest BCUT2D eigenvalue weighted by Crippen LogP contribution is 2.27. The standard InChI is InChI=1S/C21H27ClN2O3/c1-24(12-10-17-7-8-19(26-2)20(14-17)27-3)15-21(25)23-11-9-16-5-4-6-18(22)13-16/h4-8,13-14H,9-12,15H2,1-3H3,(H,23,25)/p+1. The molecule has 2 rings (SSSR count). The molecule has 2 aromatic rings. The molecule has 27 heavy (non-hydrogen) atoms. The molecule has 0 radical (unpaired) electrons. The smallest absolute Gasteiger partial charge is 0.275 e. The second-order valence-corrected chi connectivity index (χ2v) is 6.99. The second kappa shape index (κ2) is 10.8. The lowest BCUT2D eigenvalue weighted by molar-refractivity contribution is -0.871. The molecule has 0 saturated heterocycles. The third kappa shape index (κ3) is 7.12. The molecule has 0 spiro atoms. The van der Waals surface area contributed by atoms with Gasteiger partial charge in [-0.05, 0) is 41.8 Å². The highest BCUT2D eigenvalue weighted by atomic mass is 35.5. The number of methoxy groups -OCH3 is 2. The van der Waals surface area contributed by atoms with Crippen molar-refractivity contribution in [1.29, 1.82) is 0 Å². The zero-order valence-corrected chi connectivity index (χ0v) is 16.9. The first kappa shape index (κ1) is 21.1. The lowest BCUT2D eigenvalue weighted by atomic mass is 10.1. The SMILES string of the molecule is COc1ccc(CC[NH+](C)CC(=O)NCCc2cccc(Cl)c2)cc1OC. The minimum absolute atomic E-state index is 0.0573. The molecule has 5 nitrogen and oxygen atoms in total. The molecule has 0 bridgehead atoms. The quantitative estimate of drug-likeness (QED) is 0.649. The van der Waals surface area contributed by atoms with Gasteiger partial charge in [0, 0.05) is 18.0 Å². The number of halogens is 1. The van der Waals surface area contributed by atoms with Crippen molar-refractivity contribution in [3.05, 3.63) is 58.6 Å². The van der Waals surface area contributed by atoms with Crippen LogP contribution in [0.25, 0.3) is 0 Å². The van der Waals surface area contributed by atoms with Gasteiger partial charge >= 0.3 is 0 Å². The van der Waals surface area contributed by atoms with Crippen molar-refractivity contribution < 1.29 is 19.2 Å². The van der Waals surface area contributed by atoms with Crippen LogP contribution in [0.15, 0.2) is 42.5 Å². The predicted molar refractivity (Wildman–Crippen MR) is 108 cm³/mol. The Balaban J connectivity index is 1.71. The van der Waals surface area contributed by atoms with Gasteiger partial charge in [-0.3, -0.25) is 4.79 Å². The van der Waals surface area contributed by atoms with E-state index in [0.717, 1.165) is 51.9 Å². The van der Waals surface area contributed by atoms with Crippen LogP contribution in [0.4, 0.5) is 0 Å². The molecule has 0 aliphatic heterocycles. The van der Waals surface area contributed by atoms with Gasteiger partial charge in [-0.25, -0.2) is 0 Å². The first-order valence-electron chi connectivity index (χ1n) is 9.05. The molecule has 0 heterocycles. The minimum atomic E-state index is 0.0573. The van der Waals surface area contributed by atoms with E-state index in [4.69, 9.17) is 21.1 Å². The van der Waals surface area contributed by atoms with E-state index in [1.165, 1.54) is 0 Å². The van der Waals surface area contributed by atoms with Gasteiger partial charge in [-0.1, -0.05) is 29.8 Å². The normalized spacial score (nSPS) is 11.7. The van der Waals surface area contributed by atoms with Gasteiger partial charge in [0.1, 0.15) is 0 Å². The lowest BCUT2D eigenvalue weighted by Gasteiger charge is -2.15. The molecule has 1 amide bonds. The third-order valence-electron chi connectivity index (χ3n) is 4.38. The number of hydrogen-bond donors (Lipinski definition) is 2. The Labute approximate surface area is 166 Å². The average Bonchev–Trinajstić information content (AvgIpc) is 2.66. The number of benzene rings is 2. The van der Waals surface area contributed by atoms with Gasteiger partial charge in [0.2, 0.25) is 0 Å². The van der Waals surface area contributed by atoms with E-state index in [0.29, 0.717) is 13.1 Å². The summed E-state index contributed by atoms with van der Waals surface area (Å²) in [6.07, 6.45) is 1.64. The van der Waals surface area contributed by atoms with E-state index in [1.54, 1.807) is 14.2 Å². The molecule has 2 N–H and O–H groups in total. The van der Waals surface area contributed by atoms with Gasteiger partial charge < -0.3 is 19.7 Å². The summed E-state index contributed by atoms with van der Waals surface area (Å²) in [6, 6.07) is 13.6. The monoisotopic (exact) mass is 391 g/mol. The molecule has 0 aliphatic rings. The van der Waals surface area contributed by atoms with Gasteiger partial charge in [0.15, 0.2) is 18.0 Å². The number of carbonyl (C=O) groups is 1. The maximum absolute atomic E-state index is 12.1. The molecule has 0 aromatic heterocycles. The van der Waals surface area contributed by atoms with Crippen LogP contribution in [-0.2, 0) is 17.6 Å². The van der Waals surface area contributed by atoms with Crippen LogP contribution in [0, 0.1) is 0 Å². The van der Waals surface area contributed by atoms with E-state index in [2.05, 4.69) is 5.32 Å². The van der Waals surface area contributed by atoms with Crippen LogP contribution >= 0.6 is 11.6 Å². The first-order valence-corrected chi connectivity index (χ1v) is 9.43. The van der Waals surface area contributed by atoms with Gasteiger partial charge in [-0.15, -0.1) is 0 Å². The maximum Gasteiger partial charge on any atom is 0.275 e. The third-order valence-corrected chi connectivity index (χ3v) is 4.61. The molecule has 0 fully saturated rings. The number of rotatable bonds is 10. The van der Waals surface area contributed by atoms with Gasteiger partial charge in [0.25, 0.3) is 5.91 Å². The van der Waals surface area contributed by atoms with Gasteiger partial charge in [-0.2, -0.15) is 0 Å². The topological polar surface area (TPSA) is 52.0 Å². The number of carbonyl (C=O) groups excluding carboxylic acids is 1. The van der Waals surface area contributed by atoms with Crippen LogP contribution in [0.5, 0.6) is 11.5 Å². The number of hydrogen-bond acceptors (Lipinski definition) is 3. The Hall–Kier alpha value is -2.24. The van der Waals surface area contributed by atoms with Crippen molar-refractivity contribution in [2.75, 3.05) is 40.9 Å². The van der Waals surface area contributed by atoms with Crippen molar-refractivity contribution in [3.8, 4) is 11.5 Å². The van der Waals surface area contributed by atoms with E-state index in [1.807, 2.05) is 49.5 Å². The molecule has 1 unspecified atom stereocenters. The van der Waals surface area contributed by atoms with E-state index in [-0.39, 0.29) is 5.91 Å². The zero-order valence-electron chi connectivity index (χ0n) is 16.2. The Kier molecular flexibility index (Phi) is 8.43. The Morgan fingerprint density at radius 3 is 2.48 bits per heavy atom. The fraction of sp³-hybridized carbons (Fsp3) is 0.381. The summed E-state index contributed by atoms with van der Waals surface area (Å²) in [5.74, 6) is 1.51. The van der Waals surface area contributed by atoms with E-state index < -0.39 is 0 Å². The predicted octanol–water partition coefficient (Wildman–Crippen LogP) is 1.77. The van der Waals surface area contributed by atoms with Crippen molar-refractivity contribution in [3.63, 3.8) is 0 Å². The maximum atomic E-state index is 12.1. The van der Waals surface area contributed by atoms with Crippen molar-refractivity contribution in [1.82, 2.24) is 5.32 Å². The molecular formula is C21H28ClN2O3+. The summed E-state index contributed by atoms with van der Waals surface area (Å²) in [4.78, 5) is 13.3. The molecule has 2 aromatic carbocycles. The molecule has 0 aliphatic carbocycles. The molecule has 1 atom stereocenters. The summed E-state index contributed by atoms with van der Waals surface area (Å²) in [7, 11) is 5.28. The summed E-state index contributed by atoms with van der Waals surface area (Å²) < 4.78 is 10.6. The fourth-order valence-electron chi connectivity index (χ4n) is 2.86. The number of likely N-dealkylation sites (N-methyl/N-ethyl adjacent to an activating group) is 1. The summed E-state index contributed by atoms with van der Waals surface area (Å²) in [5.41, 5.74) is 2.28. The summed E-state index contributed by atoms with van der Waals surface area (Å²) in [6.45, 7) is 1.92. The van der Waals surface area contributed by atoms with Crippen LogP contribution in [0.3, 0.4) is 0 Å². The number of quaternary nitrogens is 1. The molecule has 6 heteroatoms. The Morgan fingerprint density at radius 2 is 1.78 bits per heavy atom. The molecule has 0 saturated carbocycles. The number of ether oxygens (including phenoxy) is 2. The lowest BCUT2D eigenvalue weighted by Crippen LogP contribution is -3.10. The minimum Gasteiger partial charge on any atom is -0.493 e. The van der Waals surface area contributed by atoms with Crippen LogP contribution in [0.2, 0.25) is 5.02 Å². The zero-order chi connectivity index (χ0) is 19.6. The van der Waals surface area contributed by atoms with E-state index >= 15 is 0 Å². The van der Waals surface area contributed by atoms with Crippen LogP contribution in [-0.4, -0.2) is 46.8 Å². The highest BCUT2D eigenvalue weighted by Gasteiger charge is 2.11. The second-order valence-electron chi connectivity index (χ2n) is 6.55. The number of amides is 1. The van der Waals surface area contributed by atoms with Crippen LogP contribution < -0.4 is 19.7 Å². The Morgan fingerprint density at radius 1 is 1.04 bits per heavy atom. The largest absolute Gasteiger partial charge is 0.493 e. The average molecular weight is 392 g/mol. The van der Waals surface area contributed by atoms with Crippen molar-refractivity contribution in [2.24, 2.45) is 0 Å². The summed E-state index contributed by atoms with van der Waals surface area (Å²) in [5, 5.41) is 3.69. The molecule has 146 valence electrons. The van der Waals surface area contributed by atoms with Gasteiger partial charge in [0.05, 0.1) is 27.8 Å². The first-order chi connectivity index (χ1) is 13.0. The highest BCUT2D eigenvalue weighted by molar-refractivity contribution is 6.30. The molecular weight excluding hydrogens is 364 g/mol. The summed E-state index contributed by atoms with van der Waals surface area (Å²) >= 11 is 5.97. The van der Waals surface area contributed by atoms with Crippen LogP contribution in [0.1, 0.15) is 11.1 Å². The van der Waals surface area contributed by atoms with Crippen molar-refractivity contribution in [2.45, 2.75) is 12.8 Å². The fourth-order valence-corrected chi connectivity index (χ4v) is 3.07. The number of nitrogens with one attached hydrogen (secondary N) is 2. The van der Waals surface area contributed by atoms with Crippen molar-refractivity contribution >= 4 is 17.5 Å². The Bertz CT molecular complexity index is 752.